The van der Waals surface area contributed by atoms with Crippen LogP contribution in [-0.4, -0.2) is 23.5 Å². The number of methoxy groups -OCH3 is 1. The summed E-state index contributed by atoms with van der Waals surface area (Å²) in [6.07, 6.45) is 0. The number of benzene rings is 1. The van der Waals surface area contributed by atoms with Gasteiger partial charge in [0.2, 0.25) is 0 Å². The summed E-state index contributed by atoms with van der Waals surface area (Å²) >= 11 is 0. The summed E-state index contributed by atoms with van der Waals surface area (Å²) in [6, 6.07) is 6.11. The molecule has 0 saturated carbocycles. The third kappa shape index (κ3) is 1.95. The van der Waals surface area contributed by atoms with Crippen LogP contribution < -0.4 is 21.3 Å². The number of hydrogen-bond donors (Lipinski definition) is 2. The number of ether oxygens (including phenoxy) is 1. The van der Waals surface area contributed by atoms with E-state index >= 15 is 0 Å². The predicted molar refractivity (Wildman–Crippen MR) is 84.3 cm³/mol. The Morgan fingerprint density at radius 3 is 2.58 bits per heavy atom. The maximum Gasteiger partial charge on any atom is 0.262 e. The summed E-state index contributed by atoms with van der Waals surface area (Å²) in [4.78, 5) is 36.2. The van der Waals surface area contributed by atoms with Crippen molar-refractivity contribution in [1.29, 1.82) is 5.26 Å². The van der Waals surface area contributed by atoms with Crippen molar-refractivity contribution in [2.45, 2.75) is 6.92 Å². The Hall–Kier alpha value is -3.60. The Morgan fingerprint density at radius 1 is 1.25 bits per heavy atom. The van der Waals surface area contributed by atoms with Gasteiger partial charge in [0.25, 0.3) is 17.4 Å². The highest BCUT2D eigenvalue weighted by atomic mass is 16.5. The third-order valence-electron chi connectivity index (χ3n) is 3.90. The molecule has 0 fully saturated rings. The Balaban J connectivity index is 2.44. The zero-order chi connectivity index (χ0) is 17.6. The van der Waals surface area contributed by atoms with E-state index in [0.717, 1.165) is 10.6 Å². The molecule has 0 saturated heterocycles. The van der Waals surface area contributed by atoms with Crippen LogP contribution in [0.4, 0.5) is 5.82 Å². The number of nitrogens with zero attached hydrogens (tertiary/aromatic N) is 2. The second-order valence-electron chi connectivity index (χ2n) is 5.18. The van der Waals surface area contributed by atoms with Crippen molar-refractivity contribution in [2.24, 2.45) is 0 Å². The number of rotatable bonds is 2. The van der Waals surface area contributed by atoms with Crippen LogP contribution in [0, 0.1) is 18.3 Å². The van der Waals surface area contributed by atoms with E-state index in [1.165, 1.54) is 13.2 Å². The standard InChI is InChI=1S/C16H12N4O4/c1-7-10(24-2)4-3-8(6-17)13(7)20-11(21)5-9-12(14(20)18)16(23)19-15(9)22/h3-5H,18H2,1-2H3,(H,19,22,23). The van der Waals surface area contributed by atoms with Gasteiger partial charge in [0.1, 0.15) is 17.6 Å². The van der Waals surface area contributed by atoms with Crippen LogP contribution in [0.15, 0.2) is 23.0 Å². The van der Waals surface area contributed by atoms with Crippen molar-refractivity contribution >= 4 is 17.6 Å². The van der Waals surface area contributed by atoms with Gasteiger partial charge in [-0.25, -0.2) is 0 Å². The van der Waals surface area contributed by atoms with Gasteiger partial charge in [-0.3, -0.25) is 24.3 Å². The van der Waals surface area contributed by atoms with Crippen LogP contribution in [0.3, 0.4) is 0 Å². The molecule has 0 atom stereocenters. The molecule has 8 heteroatoms. The lowest BCUT2D eigenvalue weighted by molar-refractivity contribution is 0.0880. The van der Waals surface area contributed by atoms with Gasteiger partial charge in [-0.1, -0.05) is 0 Å². The Morgan fingerprint density at radius 2 is 1.96 bits per heavy atom. The maximum atomic E-state index is 12.5. The average Bonchev–Trinajstić information content (AvgIpc) is 2.82. The largest absolute Gasteiger partial charge is 0.496 e. The monoisotopic (exact) mass is 324 g/mol. The van der Waals surface area contributed by atoms with Crippen molar-refractivity contribution in [3.05, 3.63) is 50.8 Å². The number of nitrogens with two attached hydrogens (primary N) is 1. The summed E-state index contributed by atoms with van der Waals surface area (Å²) in [7, 11) is 1.46. The van der Waals surface area contributed by atoms with Gasteiger partial charge in [0.15, 0.2) is 0 Å². The molecule has 0 unspecified atom stereocenters. The number of carbonyl (C=O) groups is 2. The molecule has 1 aromatic heterocycles. The quantitative estimate of drug-likeness (QED) is 0.774. The fourth-order valence-electron chi connectivity index (χ4n) is 2.79. The van der Waals surface area contributed by atoms with Crippen LogP contribution in [0.5, 0.6) is 5.75 Å². The topological polar surface area (TPSA) is 127 Å². The number of pyridine rings is 1. The Bertz CT molecular complexity index is 1010. The molecule has 0 bridgehead atoms. The van der Waals surface area contributed by atoms with Crippen LogP contribution >= 0.6 is 0 Å². The van der Waals surface area contributed by atoms with Crippen molar-refractivity contribution in [3.8, 4) is 17.5 Å². The summed E-state index contributed by atoms with van der Waals surface area (Å²) in [5.41, 5.74) is 6.15. The minimum absolute atomic E-state index is 0.0715. The predicted octanol–water partition coefficient (Wildman–Crippen LogP) is 0.492. The molecular formula is C16H12N4O4. The van der Waals surface area contributed by atoms with E-state index in [1.54, 1.807) is 13.0 Å². The number of imide groups is 1. The highest BCUT2D eigenvalue weighted by Gasteiger charge is 2.32. The zero-order valence-corrected chi connectivity index (χ0v) is 12.8. The molecule has 0 aliphatic carbocycles. The van der Waals surface area contributed by atoms with E-state index in [-0.39, 0.29) is 28.2 Å². The summed E-state index contributed by atoms with van der Waals surface area (Å²) in [5.74, 6) is -1.10. The first-order chi connectivity index (χ1) is 11.4. The van der Waals surface area contributed by atoms with E-state index in [1.807, 2.05) is 6.07 Å². The van der Waals surface area contributed by atoms with Gasteiger partial charge >= 0.3 is 0 Å². The van der Waals surface area contributed by atoms with Gasteiger partial charge in [-0.15, -0.1) is 0 Å². The first-order valence-corrected chi connectivity index (χ1v) is 6.90. The molecule has 1 aromatic carbocycles. The number of carbonyl (C=O) groups excluding carboxylic acids is 2. The lowest BCUT2D eigenvalue weighted by Crippen LogP contribution is -2.25. The molecule has 2 amide bonds. The van der Waals surface area contributed by atoms with Crippen LogP contribution in [0.25, 0.3) is 5.69 Å². The molecule has 3 rings (SSSR count). The minimum atomic E-state index is -0.680. The zero-order valence-electron chi connectivity index (χ0n) is 12.8. The highest BCUT2D eigenvalue weighted by Crippen LogP contribution is 2.30. The van der Waals surface area contributed by atoms with Crippen molar-refractivity contribution in [1.82, 2.24) is 9.88 Å². The molecule has 24 heavy (non-hydrogen) atoms. The summed E-state index contributed by atoms with van der Waals surface area (Å²) < 4.78 is 6.27. The number of nitriles is 1. The molecular weight excluding hydrogens is 312 g/mol. The van der Waals surface area contributed by atoms with Crippen molar-refractivity contribution < 1.29 is 14.3 Å². The minimum Gasteiger partial charge on any atom is -0.496 e. The molecule has 0 radical (unpaired) electrons. The SMILES string of the molecule is COc1ccc(C#N)c(-n2c(N)c3c(cc2=O)C(=O)NC3=O)c1C. The fraction of sp³-hybridized carbons (Fsp3) is 0.125. The number of aromatic nitrogens is 1. The number of nitrogen functional groups attached to an aromatic ring is 1. The summed E-state index contributed by atoms with van der Waals surface area (Å²) in [5, 5.41) is 11.5. The molecule has 8 nitrogen and oxygen atoms in total. The van der Waals surface area contributed by atoms with Crippen LogP contribution in [-0.2, 0) is 0 Å². The Kier molecular flexibility index (Phi) is 3.34. The number of fused-ring (bicyclic) bond motifs is 1. The lowest BCUT2D eigenvalue weighted by Gasteiger charge is -2.17. The van der Waals surface area contributed by atoms with Crippen molar-refractivity contribution in [2.75, 3.05) is 12.8 Å². The van der Waals surface area contributed by atoms with Crippen LogP contribution in [0.2, 0.25) is 0 Å². The van der Waals surface area contributed by atoms with Crippen LogP contribution in [0.1, 0.15) is 31.8 Å². The first-order valence-electron chi connectivity index (χ1n) is 6.90. The highest BCUT2D eigenvalue weighted by molar-refractivity contribution is 6.23. The second kappa shape index (κ2) is 5.24. The van der Waals surface area contributed by atoms with E-state index < -0.39 is 17.4 Å². The molecule has 1 aliphatic rings. The summed E-state index contributed by atoms with van der Waals surface area (Å²) in [6.45, 7) is 1.67. The molecule has 0 spiro atoms. The number of hydrogen-bond acceptors (Lipinski definition) is 6. The number of amides is 2. The van der Waals surface area contributed by atoms with Gasteiger partial charge < -0.3 is 10.5 Å². The van der Waals surface area contributed by atoms with Gasteiger partial charge in [0, 0.05) is 11.6 Å². The Labute approximate surface area is 136 Å². The van der Waals surface area contributed by atoms with Gasteiger partial charge in [-0.05, 0) is 19.1 Å². The third-order valence-corrected chi connectivity index (χ3v) is 3.90. The average molecular weight is 324 g/mol. The van der Waals surface area contributed by atoms with E-state index in [2.05, 4.69) is 5.32 Å². The van der Waals surface area contributed by atoms with E-state index in [9.17, 15) is 19.6 Å². The lowest BCUT2D eigenvalue weighted by atomic mass is 10.1. The molecule has 120 valence electrons. The first kappa shape index (κ1) is 15.3. The molecule has 2 aromatic rings. The maximum absolute atomic E-state index is 12.5. The van der Waals surface area contributed by atoms with Gasteiger partial charge in [0.05, 0.1) is 29.5 Å². The number of nitrogens with one attached hydrogen (secondary N) is 1. The molecule has 3 N–H and O–H groups in total. The second-order valence-corrected chi connectivity index (χ2v) is 5.18. The normalized spacial score (nSPS) is 12.5. The number of anilines is 1. The molecule has 1 aliphatic heterocycles. The van der Waals surface area contributed by atoms with E-state index in [0.29, 0.717) is 11.3 Å². The van der Waals surface area contributed by atoms with E-state index in [4.69, 9.17) is 10.5 Å². The fourth-order valence-corrected chi connectivity index (χ4v) is 2.79. The molecule has 2 heterocycles. The van der Waals surface area contributed by atoms with Gasteiger partial charge in [-0.2, -0.15) is 5.26 Å². The smallest absolute Gasteiger partial charge is 0.262 e. The van der Waals surface area contributed by atoms with Crippen molar-refractivity contribution in [3.63, 3.8) is 0 Å².